The third-order valence-electron chi connectivity index (χ3n) is 1.45. The monoisotopic (exact) mass is 102 g/mol. The summed E-state index contributed by atoms with van der Waals surface area (Å²) in [6.07, 6.45) is 1.72. The average Bonchev–Trinajstić information content (AvgIpc) is 1.65. The van der Waals surface area contributed by atoms with Crippen LogP contribution in [0.1, 0.15) is 12.8 Å². The van der Waals surface area contributed by atoms with Gasteiger partial charge in [0.1, 0.15) is 0 Å². The summed E-state index contributed by atoms with van der Waals surface area (Å²) in [4.78, 5) is 0. The molecule has 0 aromatic carbocycles. The second kappa shape index (κ2) is 1.78. The second-order valence-corrected chi connectivity index (χ2v) is 1.92. The van der Waals surface area contributed by atoms with Crippen LogP contribution in [0.5, 0.6) is 0 Å². The van der Waals surface area contributed by atoms with Crippen LogP contribution in [0.3, 0.4) is 0 Å². The van der Waals surface area contributed by atoms with Crippen molar-refractivity contribution in [1.82, 2.24) is 5.43 Å². The Morgan fingerprint density at radius 1 is 1.57 bits per heavy atom. The molecule has 1 rings (SSSR count). The standard InChI is InChI=1S/C4H10N2O/c5-6-3-1-2-4(3)7/h3-4,6-7H,1-2,5H2. The molecule has 0 heterocycles. The third-order valence-corrected chi connectivity index (χ3v) is 1.45. The molecule has 0 spiro atoms. The van der Waals surface area contributed by atoms with Gasteiger partial charge in [-0.1, -0.05) is 0 Å². The van der Waals surface area contributed by atoms with Crippen LogP contribution in [0.2, 0.25) is 0 Å². The van der Waals surface area contributed by atoms with Gasteiger partial charge in [0.15, 0.2) is 0 Å². The molecule has 3 nitrogen and oxygen atoms in total. The van der Waals surface area contributed by atoms with E-state index in [0.717, 1.165) is 12.8 Å². The van der Waals surface area contributed by atoms with Gasteiger partial charge in [0.25, 0.3) is 0 Å². The maximum absolute atomic E-state index is 8.77. The quantitative estimate of drug-likeness (QED) is 0.293. The Morgan fingerprint density at radius 3 is 2.29 bits per heavy atom. The lowest BCUT2D eigenvalue weighted by Gasteiger charge is -2.31. The summed E-state index contributed by atoms with van der Waals surface area (Å²) < 4.78 is 0. The first kappa shape index (κ1) is 5.03. The van der Waals surface area contributed by atoms with Gasteiger partial charge in [-0.05, 0) is 12.8 Å². The zero-order chi connectivity index (χ0) is 5.28. The highest BCUT2D eigenvalue weighted by Crippen LogP contribution is 2.17. The fourth-order valence-electron chi connectivity index (χ4n) is 0.677. The molecule has 2 unspecified atom stereocenters. The highest BCUT2D eigenvalue weighted by molar-refractivity contribution is 4.83. The fourth-order valence-corrected chi connectivity index (χ4v) is 0.677. The lowest BCUT2D eigenvalue weighted by Crippen LogP contribution is -2.50. The number of nitrogens with one attached hydrogen (secondary N) is 1. The summed E-state index contributed by atoms with van der Waals surface area (Å²) in [7, 11) is 0. The van der Waals surface area contributed by atoms with Crippen LogP contribution in [0.25, 0.3) is 0 Å². The number of hydrogen-bond acceptors (Lipinski definition) is 3. The van der Waals surface area contributed by atoms with Crippen LogP contribution in [0.15, 0.2) is 0 Å². The minimum Gasteiger partial charge on any atom is -0.391 e. The van der Waals surface area contributed by atoms with Crippen molar-refractivity contribution in [3.8, 4) is 0 Å². The number of rotatable bonds is 1. The molecule has 0 aliphatic heterocycles. The molecule has 2 atom stereocenters. The van der Waals surface area contributed by atoms with E-state index in [0.29, 0.717) is 0 Å². The van der Waals surface area contributed by atoms with Crippen LogP contribution in [0.4, 0.5) is 0 Å². The number of hydrogen-bond donors (Lipinski definition) is 3. The molecular weight excluding hydrogens is 92.1 g/mol. The zero-order valence-electron chi connectivity index (χ0n) is 4.09. The second-order valence-electron chi connectivity index (χ2n) is 1.92. The van der Waals surface area contributed by atoms with Gasteiger partial charge in [0.2, 0.25) is 0 Å². The Kier molecular flexibility index (Phi) is 1.27. The largest absolute Gasteiger partial charge is 0.391 e. The fraction of sp³-hybridized carbons (Fsp3) is 1.00. The summed E-state index contributed by atoms with van der Waals surface area (Å²) in [6, 6.07) is 0.167. The van der Waals surface area contributed by atoms with E-state index < -0.39 is 0 Å². The Hall–Kier alpha value is -0.120. The van der Waals surface area contributed by atoms with Gasteiger partial charge in [-0.3, -0.25) is 11.3 Å². The summed E-state index contributed by atoms with van der Waals surface area (Å²) in [5, 5.41) is 8.77. The van der Waals surface area contributed by atoms with Gasteiger partial charge in [-0.15, -0.1) is 0 Å². The first-order chi connectivity index (χ1) is 3.34. The smallest absolute Gasteiger partial charge is 0.0707 e. The minimum atomic E-state index is -0.190. The van der Waals surface area contributed by atoms with Crippen LogP contribution in [-0.2, 0) is 0 Å². The number of aliphatic hydroxyl groups is 1. The molecule has 1 aliphatic rings. The third kappa shape index (κ3) is 0.748. The highest BCUT2D eigenvalue weighted by Gasteiger charge is 2.26. The van der Waals surface area contributed by atoms with E-state index >= 15 is 0 Å². The van der Waals surface area contributed by atoms with E-state index in [9.17, 15) is 0 Å². The molecule has 3 heteroatoms. The van der Waals surface area contributed by atoms with Gasteiger partial charge in [0.05, 0.1) is 6.10 Å². The number of nitrogens with two attached hydrogens (primary N) is 1. The molecule has 0 radical (unpaired) electrons. The SMILES string of the molecule is NNC1CCC1O. The first-order valence-electron chi connectivity index (χ1n) is 2.49. The first-order valence-corrected chi connectivity index (χ1v) is 2.49. The zero-order valence-corrected chi connectivity index (χ0v) is 4.09. The van der Waals surface area contributed by atoms with Crippen molar-refractivity contribution in [2.75, 3.05) is 0 Å². The van der Waals surface area contributed by atoms with Gasteiger partial charge < -0.3 is 5.11 Å². The molecule has 0 aromatic heterocycles. The molecular formula is C4H10N2O. The molecule has 0 amide bonds. The van der Waals surface area contributed by atoms with Crippen LogP contribution in [0, 0.1) is 0 Å². The van der Waals surface area contributed by atoms with E-state index in [2.05, 4.69) is 5.43 Å². The summed E-state index contributed by atoms with van der Waals surface area (Å²) >= 11 is 0. The van der Waals surface area contributed by atoms with E-state index in [1.165, 1.54) is 0 Å². The predicted molar refractivity (Wildman–Crippen MR) is 26.4 cm³/mol. The molecule has 1 saturated carbocycles. The van der Waals surface area contributed by atoms with E-state index in [-0.39, 0.29) is 12.1 Å². The predicted octanol–water partition coefficient (Wildman–Crippen LogP) is -1.03. The summed E-state index contributed by atoms with van der Waals surface area (Å²) in [5.41, 5.74) is 2.50. The van der Waals surface area contributed by atoms with Crippen LogP contribution >= 0.6 is 0 Å². The topological polar surface area (TPSA) is 58.3 Å². The normalized spacial score (nSPS) is 40.3. The lowest BCUT2D eigenvalue weighted by molar-refractivity contribution is 0.0504. The van der Waals surface area contributed by atoms with Gasteiger partial charge >= 0.3 is 0 Å². The van der Waals surface area contributed by atoms with Crippen molar-refractivity contribution >= 4 is 0 Å². The Labute approximate surface area is 42.5 Å². The molecule has 42 valence electrons. The molecule has 7 heavy (non-hydrogen) atoms. The maximum atomic E-state index is 8.77. The Morgan fingerprint density at radius 2 is 2.29 bits per heavy atom. The van der Waals surface area contributed by atoms with E-state index in [1.807, 2.05) is 0 Å². The maximum Gasteiger partial charge on any atom is 0.0707 e. The molecule has 4 N–H and O–H groups in total. The van der Waals surface area contributed by atoms with Gasteiger partial charge in [-0.2, -0.15) is 0 Å². The molecule has 0 saturated heterocycles. The molecule has 1 aliphatic carbocycles. The molecule has 0 bridgehead atoms. The van der Waals surface area contributed by atoms with Crippen molar-refractivity contribution in [2.45, 2.75) is 25.0 Å². The van der Waals surface area contributed by atoms with Crippen molar-refractivity contribution in [2.24, 2.45) is 5.84 Å². The number of aliphatic hydroxyl groups excluding tert-OH is 1. The molecule has 0 aromatic rings. The van der Waals surface area contributed by atoms with Crippen LogP contribution in [-0.4, -0.2) is 17.3 Å². The van der Waals surface area contributed by atoms with Crippen molar-refractivity contribution < 1.29 is 5.11 Å². The summed E-state index contributed by atoms with van der Waals surface area (Å²) in [6.45, 7) is 0. The lowest BCUT2D eigenvalue weighted by atomic mass is 9.90. The van der Waals surface area contributed by atoms with Gasteiger partial charge in [-0.25, -0.2) is 0 Å². The van der Waals surface area contributed by atoms with E-state index in [4.69, 9.17) is 10.9 Å². The van der Waals surface area contributed by atoms with Gasteiger partial charge in [0, 0.05) is 6.04 Å². The Balaban J connectivity index is 2.16. The van der Waals surface area contributed by atoms with Crippen molar-refractivity contribution in [3.05, 3.63) is 0 Å². The van der Waals surface area contributed by atoms with E-state index in [1.54, 1.807) is 0 Å². The van der Waals surface area contributed by atoms with Crippen molar-refractivity contribution in [1.29, 1.82) is 0 Å². The average molecular weight is 102 g/mol. The molecule has 1 fully saturated rings. The highest BCUT2D eigenvalue weighted by atomic mass is 16.3. The van der Waals surface area contributed by atoms with Crippen LogP contribution < -0.4 is 11.3 Å². The number of hydrazine groups is 1. The summed E-state index contributed by atoms with van der Waals surface area (Å²) in [5.74, 6) is 5.01. The van der Waals surface area contributed by atoms with Crippen molar-refractivity contribution in [3.63, 3.8) is 0 Å². The Bertz CT molecular complexity index is 64.7. The minimum absolute atomic E-state index is 0.167.